The highest BCUT2D eigenvalue weighted by Crippen LogP contribution is 2.31. The Balaban J connectivity index is 0.00000288. The SMILES string of the molecule is CN=C(NCCN1CCCC(C)C1)NCC1(CCO)CCOC1.I. The van der Waals surface area contributed by atoms with Crippen LogP contribution in [0.3, 0.4) is 0 Å². The zero-order valence-corrected chi connectivity index (χ0v) is 17.6. The predicted molar refractivity (Wildman–Crippen MR) is 109 cm³/mol. The lowest BCUT2D eigenvalue weighted by atomic mass is 9.84. The van der Waals surface area contributed by atoms with Crippen molar-refractivity contribution >= 4 is 29.9 Å². The van der Waals surface area contributed by atoms with Crippen molar-refractivity contribution in [2.75, 3.05) is 59.6 Å². The van der Waals surface area contributed by atoms with Gasteiger partial charge < -0.3 is 25.4 Å². The summed E-state index contributed by atoms with van der Waals surface area (Å²) in [7, 11) is 1.81. The monoisotopic (exact) mass is 454 g/mol. The number of aliphatic imine (C=N–C) groups is 1. The molecule has 0 aromatic heterocycles. The molecule has 142 valence electrons. The molecule has 2 rings (SSSR count). The molecule has 0 aliphatic carbocycles. The summed E-state index contributed by atoms with van der Waals surface area (Å²) in [6.45, 7) is 9.28. The largest absolute Gasteiger partial charge is 0.396 e. The molecule has 2 heterocycles. The van der Waals surface area contributed by atoms with Crippen LogP contribution in [0.2, 0.25) is 0 Å². The zero-order chi connectivity index (χ0) is 16.5. The summed E-state index contributed by atoms with van der Waals surface area (Å²) in [6, 6.07) is 0. The van der Waals surface area contributed by atoms with E-state index in [0.717, 1.165) is 57.6 Å². The van der Waals surface area contributed by atoms with E-state index >= 15 is 0 Å². The normalized spacial score (nSPS) is 28.5. The van der Waals surface area contributed by atoms with Crippen LogP contribution in [0.5, 0.6) is 0 Å². The summed E-state index contributed by atoms with van der Waals surface area (Å²) >= 11 is 0. The number of halogens is 1. The zero-order valence-electron chi connectivity index (χ0n) is 15.2. The Morgan fingerprint density at radius 2 is 2.25 bits per heavy atom. The van der Waals surface area contributed by atoms with E-state index < -0.39 is 0 Å². The number of piperidine rings is 1. The number of aliphatic hydroxyl groups is 1. The Morgan fingerprint density at radius 1 is 1.42 bits per heavy atom. The van der Waals surface area contributed by atoms with Gasteiger partial charge >= 0.3 is 0 Å². The van der Waals surface area contributed by atoms with E-state index in [4.69, 9.17) is 4.74 Å². The van der Waals surface area contributed by atoms with Crippen LogP contribution in [0.4, 0.5) is 0 Å². The van der Waals surface area contributed by atoms with Crippen LogP contribution < -0.4 is 10.6 Å². The maximum absolute atomic E-state index is 9.29. The Morgan fingerprint density at radius 3 is 2.88 bits per heavy atom. The fourth-order valence-electron chi connectivity index (χ4n) is 3.63. The lowest BCUT2D eigenvalue weighted by molar-refractivity contribution is 0.127. The van der Waals surface area contributed by atoms with Crippen molar-refractivity contribution in [3.63, 3.8) is 0 Å². The molecule has 2 aliphatic rings. The van der Waals surface area contributed by atoms with Gasteiger partial charge in [-0.05, 0) is 38.1 Å². The van der Waals surface area contributed by atoms with Gasteiger partial charge in [0.1, 0.15) is 0 Å². The van der Waals surface area contributed by atoms with Gasteiger partial charge in [-0.3, -0.25) is 4.99 Å². The molecule has 0 aromatic rings. The van der Waals surface area contributed by atoms with Crippen LogP contribution in [0.15, 0.2) is 4.99 Å². The summed E-state index contributed by atoms with van der Waals surface area (Å²) in [4.78, 5) is 6.84. The van der Waals surface area contributed by atoms with Crippen LogP contribution in [0, 0.1) is 11.3 Å². The first-order valence-electron chi connectivity index (χ1n) is 9.03. The van der Waals surface area contributed by atoms with Crippen molar-refractivity contribution in [1.82, 2.24) is 15.5 Å². The van der Waals surface area contributed by atoms with Gasteiger partial charge in [0.15, 0.2) is 5.96 Å². The lowest BCUT2D eigenvalue weighted by Crippen LogP contribution is -2.47. The molecule has 2 aliphatic heterocycles. The highest BCUT2D eigenvalue weighted by atomic mass is 127. The van der Waals surface area contributed by atoms with Crippen molar-refractivity contribution in [2.45, 2.75) is 32.6 Å². The van der Waals surface area contributed by atoms with Crippen LogP contribution >= 0.6 is 24.0 Å². The minimum absolute atomic E-state index is 0. The van der Waals surface area contributed by atoms with Crippen molar-refractivity contribution in [1.29, 1.82) is 0 Å². The second-order valence-electron chi connectivity index (χ2n) is 7.18. The number of aliphatic hydroxyl groups excluding tert-OH is 1. The molecule has 0 radical (unpaired) electrons. The molecule has 0 spiro atoms. The van der Waals surface area contributed by atoms with Crippen LogP contribution in [0.25, 0.3) is 0 Å². The standard InChI is InChI=1S/C17H34N4O2.HI/c1-15-4-3-8-21(12-15)9-7-19-16(18-2)20-13-17(5-10-22)6-11-23-14-17;/h15,22H,3-14H2,1-2H3,(H2,18,19,20);1H. The minimum atomic E-state index is 0. The number of ether oxygens (including phenoxy) is 1. The fourth-order valence-corrected chi connectivity index (χ4v) is 3.63. The van der Waals surface area contributed by atoms with E-state index in [9.17, 15) is 5.11 Å². The maximum atomic E-state index is 9.29. The molecular formula is C17H35IN4O2. The van der Waals surface area contributed by atoms with Gasteiger partial charge in [-0.2, -0.15) is 0 Å². The number of hydrogen-bond acceptors (Lipinski definition) is 4. The molecule has 24 heavy (non-hydrogen) atoms. The Bertz CT molecular complexity index is 376. The van der Waals surface area contributed by atoms with Crippen LogP contribution in [0.1, 0.15) is 32.6 Å². The third kappa shape index (κ3) is 7.01. The second kappa shape index (κ2) is 11.5. The molecular weight excluding hydrogens is 419 g/mol. The summed E-state index contributed by atoms with van der Waals surface area (Å²) in [5, 5.41) is 16.1. The molecule has 2 unspecified atom stereocenters. The van der Waals surface area contributed by atoms with E-state index in [-0.39, 0.29) is 36.0 Å². The number of nitrogens with zero attached hydrogens (tertiary/aromatic N) is 2. The highest BCUT2D eigenvalue weighted by Gasteiger charge is 2.34. The molecule has 2 fully saturated rings. The molecule has 2 atom stereocenters. The van der Waals surface area contributed by atoms with E-state index in [2.05, 4.69) is 27.4 Å². The third-order valence-corrected chi connectivity index (χ3v) is 5.14. The van der Waals surface area contributed by atoms with Gasteiger partial charge in [0.05, 0.1) is 6.61 Å². The Kier molecular flexibility index (Phi) is 10.5. The van der Waals surface area contributed by atoms with E-state index in [0.29, 0.717) is 0 Å². The fraction of sp³-hybridized carbons (Fsp3) is 0.941. The predicted octanol–water partition coefficient (Wildman–Crippen LogP) is 1.29. The first-order valence-corrected chi connectivity index (χ1v) is 9.03. The molecule has 0 saturated carbocycles. The topological polar surface area (TPSA) is 69.1 Å². The van der Waals surface area contributed by atoms with Crippen LogP contribution in [-0.4, -0.2) is 75.6 Å². The van der Waals surface area contributed by atoms with Gasteiger partial charge in [-0.25, -0.2) is 0 Å². The quantitative estimate of drug-likeness (QED) is 0.307. The smallest absolute Gasteiger partial charge is 0.191 e. The van der Waals surface area contributed by atoms with Gasteiger partial charge in [0.2, 0.25) is 0 Å². The first kappa shape index (κ1) is 21.9. The molecule has 6 nitrogen and oxygen atoms in total. The molecule has 0 amide bonds. The van der Waals surface area contributed by atoms with Gasteiger partial charge in [0.25, 0.3) is 0 Å². The second-order valence-corrected chi connectivity index (χ2v) is 7.18. The highest BCUT2D eigenvalue weighted by molar-refractivity contribution is 14.0. The summed E-state index contributed by atoms with van der Waals surface area (Å²) in [6.07, 6.45) is 4.46. The average molecular weight is 454 g/mol. The number of rotatable bonds is 7. The van der Waals surface area contributed by atoms with Gasteiger partial charge in [-0.15, -0.1) is 24.0 Å². The summed E-state index contributed by atoms with van der Waals surface area (Å²) in [5.74, 6) is 1.67. The Hall–Kier alpha value is -0.120. The van der Waals surface area contributed by atoms with Crippen molar-refractivity contribution in [3.8, 4) is 0 Å². The van der Waals surface area contributed by atoms with E-state index in [1.165, 1.54) is 25.9 Å². The maximum Gasteiger partial charge on any atom is 0.191 e. The van der Waals surface area contributed by atoms with Crippen LogP contribution in [-0.2, 0) is 4.74 Å². The van der Waals surface area contributed by atoms with E-state index in [1.807, 2.05) is 7.05 Å². The number of guanidine groups is 1. The number of likely N-dealkylation sites (tertiary alicyclic amines) is 1. The summed E-state index contributed by atoms with van der Waals surface area (Å²) in [5.41, 5.74) is 0.0503. The van der Waals surface area contributed by atoms with Crippen molar-refractivity contribution in [2.24, 2.45) is 16.3 Å². The lowest BCUT2D eigenvalue weighted by Gasteiger charge is -2.31. The van der Waals surface area contributed by atoms with E-state index in [1.54, 1.807) is 0 Å². The summed E-state index contributed by atoms with van der Waals surface area (Å²) < 4.78 is 5.53. The average Bonchev–Trinajstić information content (AvgIpc) is 3.00. The molecule has 2 saturated heterocycles. The molecule has 0 bridgehead atoms. The van der Waals surface area contributed by atoms with Gasteiger partial charge in [0, 0.05) is 51.9 Å². The third-order valence-electron chi connectivity index (χ3n) is 5.14. The van der Waals surface area contributed by atoms with Crippen molar-refractivity contribution in [3.05, 3.63) is 0 Å². The molecule has 7 heteroatoms. The Labute approximate surface area is 163 Å². The molecule has 0 aromatic carbocycles. The van der Waals surface area contributed by atoms with Gasteiger partial charge in [-0.1, -0.05) is 6.92 Å². The molecule has 3 N–H and O–H groups in total. The minimum Gasteiger partial charge on any atom is -0.396 e. The van der Waals surface area contributed by atoms with Crippen molar-refractivity contribution < 1.29 is 9.84 Å². The number of hydrogen-bond donors (Lipinski definition) is 3. The number of nitrogens with one attached hydrogen (secondary N) is 2. The first-order chi connectivity index (χ1) is 11.2.